The van der Waals surface area contributed by atoms with E-state index in [1.54, 1.807) is 13.0 Å². The third-order valence-electron chi connectivity index (χ3n) is 3.63. The summed E-state index contributed by atoms with van der Waals surface area (Å²) in [5, 5.41) is 12.4. The van der Waals surface area contributed by atoms with Gasteiger partial charge in [0, 0.05) is 12.6 Å². The second-order valence-corrected chi connectivity index (χ2v) is 5.07. The van der Waals surface area contributed by atoms with Crippen molar-refractivity contribution in [1.29, 1.82) is 0 Å². The van der Waals surface area contributed by atoms with Crippen molar-refractivity contribution in [3.05, 3.63) is 42.0 Å². The van der Waals surface area contributed by atoms with Crippen molar-refractivity contribution in [3.8, 4) is 0 Å². The number of hydrogen-bond donors (Lipinski definition) is 3. The van der Waals surface area contributed by atoms with Gasteiger partial charge in [-0.1, -0.05) is 30.3 Å². The Morgan fingerprint density at radius 1 is 1.39 bits per heavy atom. The number of rotatable bonds is 3. The first-order chi connectivity index (χ1) is 11.1. The Bertz CT molecular complexity index is 774. The minimum Gasteiger partial charge on any atom is -0.465 e. The van der Waals surface area contributed by atoms with Crippen molar-refractivity contribution in [2.24, 2.45) is 4.99 Å². The molecule has 3 rings (SSSR count). The maximum absolute atomic E-state index is 11.2. The van der Waals surface area contributed by atoms with Crippen LogP contribution >= 0.6 is 0 Å². The van der Waals surface area contributed by atoms with Crippen LogP contribution in [0.1, 0.15) is 12.5 Å². The van der Waals surface area contributed by atoms with Gasteiger partial charge in [0.05, 0.1) is 17.9 Å². The van der Waals surface area contributed by atoms with Crippen LogP contribution < -0.4 is 16.0 Å². The average molecular weight is 311 g/mol. The predicted octanol–water partition coefficient (Wildman–Crippen LogP) is 2.71. The number of nitrogens with one attached hydrogen (secondary N) is 1. The maximum Gasteiger partial charge on any atom is 0.413 e. The number of benzene rings is 1. The van der Waals surface area contributed by atoms with Crippen LogP contribution in [-0.2, 0) is 0 Å². The second-order valence-electron chi connectivity index (χ2n) is 5.07. The van der Waals surface area contributed by atoms with Crippen LogP contribution in [0, 0.1) is 0 Å². The molecule has 4 N–H and O–H groups in total. The summed E-state index contributed by atoms with van der Waals surface area (Å²) in [5.41, 5.74) is 9.10. The highest BCUT2D eigenvalue weighted by molar-refractivity contribution is 6.08. The fraction of sp³-hybridized carbons (Fsp3) is 0.188. The molecule has 0 bridgehead atoms. The summed E-state index contributed by atoms with van der Waals surface area (Å²) in [6, 6.07) is 11.5. The van der Waals surface area contributed by atoms with Crippen LogP contribution in [0.4, 0.5) is 27.8 Å². The Kier molecular flexibility index (Phi) is 3.84. The van der Waals surface area contributed by atoms with Gasteiger partial charge in [0.25, 0.3) is 0 Å². The molecule has 1 amide bonds. The predicted molar refractivity (Wildman–Crippen MR) is 90.8 cm³/mol. The lowest BCUT2D eigenvalue weighted by atomic mass is 10.1. The molecule has 0 radical (unpaired) electrons. The number of pyridine rings is 1. The zero-order valence-corrected chi connectivity index (χ0v) is 12.7. The highest BCUT2D eigenvalue weighted by Gasteiger charge is 2.21. The summed E-state index contributed by atoms with van der Waals surface area (Å²) in [4.78, 5) is 21.1. The van der Waals surface area contributed by atoms with Crippen LogP contribution in [0.15, 0.2) is 41.4 Å². The summed E-state index contributed by atoms with van der Waals surface area (Å²) >= 11 is 0. The summed E-state index contributed by atoms with van der Waals surface area (Å²) in [7, 11) is 0. The van der Waals surface area contributed by atoms with Gasteiger partial charge in [-0.15, -0.1) is 0 Å². The molecule has 23 heavy (non-hydrogen) atoms. The molecular formula is C16H17N5O2. The van der Waals surface area contributed by atoms with Crippen LogP contribution in [0.5, 0.6) is 0 Å². The van der Waals surface area contributed by atoms with Crippen molar-refractivity contribution < 1.29 is 9.90 Å². The molecule has 0 fully saturated rings. The Hall–Kier alpha value is -3.09. The number of anilines is 3. The average Bonchev–Trinajstić information content (AvgIpc) is 2.56. The Balaban J connectivity index is 2.02. The smallest absolute Gasteiger partial charge is 0.413 e. The quantitative estimate of drug-likeness (QED) is 0.808. The number of carbonyl (C=O) groups is 1. The van der Waals surface area contributed by atoms with Crippen molar-refractivity contribution in [2.75, 3.05) is 29.0 Å². The van der Waals surface area contributed by atoms with Gasteiger partial charge in [0.15, 0.2) is 5.82 Å². The summed E-state index contributed by atoms with van der Waals surface area (Å²) in [6.45, 7) is 2.57. The van der Waals surface area contributed by atoms with E-state index < -0.39 is 6.09 Å². The van der Waals surface area contributed by atoms with Crippen LogP contribution in [0.3, 0.4) is 0 Å². The molecular weight excluding hydrogens is 294 g/mol. The van der Waals surface area contributed by atoms with E-state index in [1.807, 2.05) is 30.3 Å². The van der Waals surface area contributed by atoms with Gasteiger partial charge in [0.2, 0.25) is 0 Å². The van der Waals surface area contributed by atoms with E-state index in [1.165, 1.54) is 0 Å². The van der Waals surface area contributed by atoms with E-state index in [9.17, 15) is 9.90 Å². The summed E-state index contributed by atoms with van der Waals surface area (Å²) < 4.78 is 0. The monoisotopic (exact) mass is 311 g/mol. The lowest BCUT2D eigenvalue weighted by molar-refractivity contribution is 0.202. The molecule has 118 valence electrons. The van der Waals surface area contributed by atoms with E-state index in [0.29, 0.717) is 30.3 Å². The van der Waals surface area contributed by atoms with Crippen molar-refractivity contribution in [2.45, 2.75) is 6.92 Å². The Morgan fingerprint density at radius 2 is 2.13 bits per heavy atom. The standard InChI is InChI=1S/C16H17N5O2/c1-2-21(16(22)23)13-8-11-14(15(17)20-13)19-12(9-18-11)10-6-4-3-5-7-10/h3-8,18H,2,9H2,1H3,(H2,17,20)(H,22,23). The van der Waals surface area contributed by atoms with Gasteiger partial charge < -0.3 is 16.2 Å². The van der Waals surface area contributed by atoms with E-state index in [4.69, 9.17) is 5.73 Å². The first kappa shape index (κ1) is 14.8. The van der Waals surface area contributed by atoms with Crippen LogP contribution in [0.25, 0.3) is 0 Å². The van der Waals surface area contributed by atoms with Crippen LogP contribution in [0.2, 0.25) is 0 Å². The molecule has 0 saturated carbocycles. The molecule has 0 unspecified atom stereocenters. The first-order valence-electron chi connectivity index (χ1n) is 7.28. The van der Waals surface area contributed by atoms with Gasteiger partial charge in [-0.3, -0.25) is 4.90 Å². The number of aromatic nitrogens is 1. The van der Waals surface area contributed by atoms with Crippen molar-refractivity contribution >= 4 is 34.8 Å². The normalized spacial score (nSPS) is 12.8. The number of fused-ring (bicyclic) bond motifs is 1. The number of nitrogens with two attached hydrogens (primary N) is 1. The van der Waals surface area contributed by atoms with E-state index >= 15 is 0 Å². The van der Waals surface area contributed by atoms with E-state index in [2.05, 4.69) is 15.3 Å². The molecule has 1 aliphatic rings. The molecule has 0 spiro atoms. The fourth-order valence-corrected chi connectivity index (χ4v) is 2.48. The van der Waals surface area contributed by atoms with E-state index in [0.717, 1.165) is 16.2 Å². The van der Waals surface area contributed by atoms with E-state index in [-0.39, 0.29) is 5.82 Å². The number of carboxylic acid groups (broad SMARTS) is 1. The zero-order valence-electron chi connectivity index (χ0n) is 12.7. The highest BCUT2D eigenvalue weighted by atomic mass is 16.4. The number of nitrogens with zero attached hydrogens (tertiary/aromatic N) is 3. The Morgan fingerprint density at radius 3 is 2.78 bits per heavy atom. The largest absolute Gasteiger partial charge is 0.465 e. The molecule has 0 atom stereocenters. The lowest BCUT2D eigenvalue weighted by Gasteiger charge is -2.22. The second kappa shape index (κ2) is 5.96. The number of nitrogen functional groups attached to an aromatic ring is 1. The number of aliphatic imine (C=N–C) groups is 1. The first-order valence-corrected chi connectivity index (χ1v) is 7.28. The molecule has 1 aliphatic heterocycles. The van der Waals surface area contributed by atoms with Gasteiger partial charge in [-0.2, -0.15) is 0 Å². The van der Waals surface area contributed by atoms with Gasteiger partial charge in [0.1, 0.15) is 11.5 Å². The third kappa shape index (κ3) is 2.80. The van der Waals surface area contributed by atoms with Crippen molar-refractivity contribution in [1.82, 2.24) is 4.98 Å². The molecule has 7 nitrogen and oxygen atoms in total. The molecule has 1 aromatic heterocycles. The molecule has 0 aliphatic carbocycles. The van der Waals surface area contributed by atoms with Crippen molar-refractivity contribution in [3.63, 3.8) is 0 Å². The number of hydrogen-bond acceptors (Lipinski definition) is 5. The van der Waals surface area contributed by atoms with Crippen LogP contribution in [-0.4, -0.2) is 35.0 Å². The molecule has 7 heteroatoms. The number of amides is 1. The Labute approximate surface area is 133 Å². The zero-order chi connectivity index (χ0) is 16.4. The minimum absolute atomic E-state index is 0.206. The van der Waals surface area contributed by atoms with Gasteiger partial charge >= 0.3 is 6.09 Å². The summed E-state index contributed by atoms with van der Waals surface area (Å²) in [5.74, 6) is 0.500. The van der Waals surface area contributed by atoms with Gasteiger partial charge in [-0.05, 0) is 12.5 Å². The third-order valence-corrected chi connectivity index (χ3v) is 3.63. The lowest BCUT2D eigenvalue weighted by Crippen LogP contribution is -2.30. The highest BCUT2D eigenvalue weighted by Crippen LogP contribution is 2.36. The summed E-state index contributed by atoms with van der Waals surface area (Å²) in [6.07, 6.45) is -1.07. The maximum atomic E-state index is 11.2. The minimum atomic E-state index is -1.07. The fourth-order valence-electron chi connectivity index (χ4n) is 2.48. The topological polar surface area (TPSA) is 104 Å². The van der Waals surface area contributed by atoms with Gasteiger partial charge in [-0.25, -0.2) is 14.8 Å². The molecule has 2 heterocycles. The molecule has 2 aromatic rings. The molecule has 1 aromatic carbocycles. The molecule has 0 saturated heterocycles. The SMILES string of the molecule is CCN(C(=O)O)c1cc2c(c(N)n1)N=C(c1ccccc1)CN2.